The van der Waals surface area contributed by atoms with E-state index in [-0.39, 0.29) is 30.7 Å². The van der Waals surface area contributed by atoms with Gasteiger partial charge in [-0.15, -0.1) is 0 Å². The quantitative estimate of drug-likeness (QED) is 0.410. The highest BCUT2D eigenvalue weighted by Crippen LogP contribution is 2.21. The molecule has 1 atom stereocenters. The van der Waals surface area contributed by atoms with Gasteiger partial charge in [0.25, 0.3) is 5.91 Å². The largest absolute Gasteiger partial charge is 0.508 e. The zero-order valence-corrected chi connectivity index (χ0v) is 19.4. The van der Waals surface area contributed by atoms with Crippen LogP contribution in [-0.4, -0.2) is 53.4 Å². The number of likely N-dealkylation sites (tertiary alicyclic amines) is 1. The van der Waals surface area contributed by atoms with Crippen molar-refractivity contribution in [2.75, 3.05) is 19.8 Å². The van der Waals surface area contributed by atoms with E-state index in [1.54, 1.807) is 6.07 Å². The molecule has 0 aliphatic carbocycles. The number of nitrogens with zero attached hydrogens (tertiary/aromatic N) is 2. The number of carbonyl (C=O) groups excluding carboxylic acids is 2. The van der Waals surface area contributed by atoms with Crippen molar-refractivity contribution in [3.63, 3.8) is 0 Å². The number of hydrogen-bond donors (Lipinski definition) is 1. The summed E-state index contributed by atoms with van der Waals surface area (Å²) in [5.74, 6) is -0.436. The van der Waals surface area contributed by atoms with Gasteiger partial charge in [-0.1, -0.05) is 30.3 Å². The molecule has 0 radical (unpaired) electrons. The number of piperidine rings is 1. The van der Waals surface area contributed by atoms with E-state index in [4.69, 9.17) is 9.57 Å². The van der Waals surface area contributed by atoms with E-state index < -0.39 is 5.97 Å². The van der Waals surface area contributed by atoms with Crippen molar-refractivity contribution in [3.05, 3.63) is 53.6 Å². The first kappa shape index (κ1) is 24.6. The molecule has 1 aromatic carbocycles. The van der Waals surface area contributed by atoms with Crippen molar-refractivity contribution >= 4 is 17.6 Å². The average Bonchev–Trinajstić information content (AvgIpc) is 2.82. The van der Waals surface area contributed by atoms with Gasteiger partial charge in [0.2, 0.25) is 0 Å². The van der Waals surface area contributed by atoms with E-state index in [2.05, 4.69) is 18.2 Å². The molecule has 2 heterocycles. The van der Waals surface area contributed by atoms with Crippen LogP contribution in [0.4, 0.5) is 0 Å². The summed E-state index contributed by atoms with van der Waals surface area (Å²) in [6, 6.07) is 4.83. The van der Waals surface area contributed by atoms with Crippen LogP contribution in [0.15, 0.2) is 47.7 Å². The van der Waals surface area contributed by atoms with Crippen LogP contribution in [-0.2, 0) is 20.8 Å². The Bertz CT molecular complexity index is 906. The minimum Gasteiger partial charge on any atom is -0.508 e. The van der Waals surface area contributed by atoms with Gasteiger partial charge in [0.1, 0.15) is 5.75 Å². The summed E-state index contributed by atoms with van der Waals surface area (Å²) in [5.41, 5.74) is 1.53. The molecule has 0 bridgehead atoms. The van der Waals surface area contributed by atoms with Crippen LogP contribution in [0.2, 0.25) is 0 Å². The summed E-state index contributed by atoms with van der Waals surface area (Å²) in [6.45, 7) is 3.04. The summed E-state index contributed by atoms with van der Waals surface area (Å²) in [6.07, 6.45) is 14.7. The first-order valence-electron chi connectivity index (χ1n) is 11.9. The molecule has 0 saturated carbocycles. The highest BCUT2D eigenvalue weighted by atomic mass is 16.6. The van der Waals surface area contributed by atoms with Gasteiger partial charge in [-0.05, 0) is 74.8 Å². The summed E-state index contributed by atoms with van der Waals surface area (Å²) in [5, 5.41) is 14.2. The minimum absolute atomic E-state index is 0.0532. The molecule has 33 heavy (non-hydrogen) atoms. The predicted octanol–water partition coefficient (Wildman–Crippen LogP) is 4.55. The number of aromatic hydroxyl groups is 1. The van der Waals surface area contributed by atoms with E-state index in [9.17, 15) is 14.7 Å². The van der Waals surface area contributed by atoms with Crippen molar-refractivity contribution in [1.29, 1.82) is 0 Å². The molecule has 1 N–H and O–H groups in total. The van der Waals surface area contributed by atoms with E-state index in [0.717, 1.165) is 45.1 Å². The van der Waals surface area contributed by atoms with Gasteiger partial charge >= 0.3 is 5.97 Å². The molecule has 0 aromatic heterocycles. The third-order valence-corrected chi connectivity index (χ3v) is 5.96. The maximum Gasteiger partial charge on any atom is 0.338 e. The number of amides is 1. The standard InChI is InChI=1S/C26H34N2O5/c1-2-22-12-8-9-15-28(22)25(30)19-33-27-21-11-7-5-3-4-6-10-16-32-26(31)24-14-13-23(29)18-20(24)17-21/h4,6-7,11,13-14,18,22,29H,2-3,5,8-10,12,15-17,19H2,1H3/b6-4+,11-7+,27-21+. The fourth-order valence-electron chi connectivity index (χ4n) is 4.19. The summed E-state index contributed by atoms with van der Waals surface area (Å²) < 4.78 is 5.38. The second-order valence-corrected chi connectivity index (χ2v) is 8.39. The zero-order valence-electron chi connectivity index (χ0n) is 19.4. The molecule has 7 nitrogen and oxygen atoms in total. The molecule has 1 saturated heterocycles. The van der Waals surface area contributed by atoms with Gasteiger partial charge in [-0.3, -0.25) is 4.79 Å². The SMILES string of the molecule is CCC1CCCCN1C(=O)CO/N=C1\C=C\CC/C=C/CCOC(=O)c2ccc(O)cc2C1. The van der Waals surface area contributed by atoms with Crippen molar-refractivity contribution in [2.45, 2.75) is 64.3 Å². The monoisotopic (exact) mass is 454 g/mol. The number of carbonyl (C=O) groups is 2. The van der Waals surface area contributed by atoms with Crippen LogP contribution in [0.25, 0.3) is 0 Å². The fourth-order valence-corrected chi connectivity index (χ4v) is 4.19. The first-order chi connectivity index (χ1) is 16.1. The minimum atomic E-state index is -0.439. The number of hydrogen-bond acceptors (Lipinski definition) is 6. The van der Waals surface area contributed by atoms with Crippen molar-refractivity contribution in [2.24, 2.45) is 5.16 Å². The number of phenolic OH excluding ortho intramolecular Hbond substituents is 1. The number of benzene rings is 1. The number of cyclic esters (lactones) is 1. The molecule has 7 heteroatoms. The lowest BCUT2D eigenvalue weighted by Gasteiger charge is -2.34. The molecule has 2 aliphatic rings. The molecule has 3 rings (SSSR count). The van der Waals surface area contributed by atoms with Crippen molar-refractivity contribution in [3.8, 4) is 5.75 Å². The van der Waals surface area contributed by atoms with Gasteiger partial charge in [0, 0.05) is 19.0 Å². The summed E-state index contributed by atoms with van der Waals surface area (Å²) in [4.78, 5) is 32.6. The molecular weight excluding hydrogens is 420 g/mol. The van der Waals surface area contributed by atoms with Crippen LogP contribution in [0.5, 0.6) is 5.75 Å². The number of esters is 1. The van der Waals surface area contributed by atoms with Crippen LogP contribution in [0.3, 0.4) is 0 Å². The number of oxime groups is 1. The van der Waals surface area contributed by atoms with E-state index in [1.807, 2.05) is 23.1 Å². The van der Waals surface area contributed by atoms with E-state index in [0.29, 0.717) is 29.9 Å². The topological polar surface area (TPSA) is 88.4 Å². The molecular formula is C26H34N2O5. The van der Waals surface area contributed by atoms with Crippen LogP contribution in [0, 0.1) is 0 Å². The first-order valence-corrected chi connectivity index (χ1v) is 11.9. The molecule has 1 unspecified atom stereocenters. The lowest BCUT2D eigenvalue weighted by Crippen LogP contribution is -2.44. The Morgan fingerprint density at radius 2 is 2.03 bits per heavy atom. The van der Waals surface area contributed by atoms with Crippen LogP contribution < -0.4 is 0 Å². The van der Waals surface area contributed by atoms with Gasteiger partial charge < -0.3 is 19.6 Å². The van der Waals surface area contributed by atoms with Crippen molar-refractivity contribution in [1.82, 2.24) is 4.90 Å². The van der Waals surface area contributed by atoms with Gasteiger partial charge in [0.15, 0.2) is 6.61 Å². The summed E-state index contributed by atoms with van der Waals surface area (Å²) >= 11 is 0. The molecule has 0 spiro atoms. The normalized spacial score (nSPS) is 23.2. The number of phenols is 1. The van der Waals surface area contributed by atoms with Gasteiger partial charge in [-0.2, -0.15) is 0 Å². The lowest BCUT2D eigenvalue weighted by atomic mass is 10.00. The zero-order chi connectivity index (χ0) is 23.5. The number of rotatable bonds is 4. The smallest absolute Gasteiger partial charge is 0.338 e. The maximum atomic E-state index is 12.7. The van der Waals surface area contributed by atoms with Gasteiger partial charge in [-0.25, -0.2) is 4.79 Å². The van der Waals surface area contributed by atoms with Crippen LogP contribution in [0.1, 0.15) is 67.8 Å². The number of fused-ring (bicyclic) bond motifs is 1. The van der Waals surface area contributed by atoms with Gasteiger partial charge in [0.05, 0.1) is 17.9 Å². The summed E-state index contributed by atoms with van der Waals surface area (Å²) in [7, 11) is 0. The fraction of sp³-hybridized carbons (Fsp3) is 0.500. The number of allylic oxidation sites excluding steroid dienone is 3. The Morgan fingerprint density at radius 3 is 2.88 bits per heavy atom. The highest BCUT2D eigenvalue weighted by Gasteiger charge is 2.25. The Hall–Kier alpha value is -3.09. The van der Waals surface area contributed by atoms with Crippen LogP contribution >= 0.6 is 0 Å². The average molecular weight is 455 g/mol. The Balaban J connectivity index is 1.76. The molecule has 1 amide bonds. The molecule has 2 aliphatic heterocycles. The second kappa shape index (κ2) is 12.8. The third kappa shape index (κ3) is 7.48. The molecule has 178 valence electrons. The second-order valence-electron chi connectivity index (χ2n) is 8.39. The van der Waals surface area contributed by atoms with E-state index >= 15 is 0 Å². The van der Waals surface area contributed by atoms with E-state index in [1.165, 1.54) is 12.1 Å². The molecule has 1 fully saturated rings. The lowest BCUT2D eigenvalue weighted by molar-refractivity contribution is -0.139. The Kier molecular flexibility index (Phi) is 9.54. The molecule has 1 aromatic rings. The Labute approximate surface area is 195 Å². The maximum absolute atomic E-state index is 12.7. The number of ether oxygens (including phenoxy) is 1. The highest BCUT2D eigenvalue weighted by molar-refractivity contribution is 5.99. The third-order valence-electron chi connectivity index (χ3n) is 5.96. The Morgan fingerprint density at radius 1 is 1.21 bits per heavy atom. The predicted molar refractivity (Wildman–Crippen MR) is 127 cm³/mol. The van der Waals surface area contributed by atoms with Crippen molar-refractivity contribution < 1.29 is 24.3 Å².